The van der Waals surface area contributed by atoms with Gasteiger partial charge in [-0.2, -0.15) is 4.31 Å². The second kappa shape index (κ2) is 10.00. The van der Waals surface area contributed by atoms with Crippen LogP contribution in [-0.2, 0) is 30.9 Å². The van der Waals surface area contributed by atoms with Crippen molar-refractivity contribution >= 4 is 21.9 Å². The topological polar surface area (TPSA) is 131 Å². The van der Waals surface area contributed by atoms with Gasteiger partial charge in [0.15, 0.2) is 18.1 Å². The number of aryl methyl sites for hydroxylation is 1. The monoisotopic (exact) mass is 490 g/mol. The first-order chi connectivity index (χ1) is 16.2. The van der Waals surface area contributed by atoms with Crippen molar-refractivity contribution < 1.29 is 37.3 Å². The van der Waals surface area contributed by atoms with E-state index in [0.29, 0.717) is 19.0 Å². The van der Waals surface area contributed by atoms with Gasteiger partial charge in [0.1, 0.15) is 19.3 Å². The fraction of sp³-hybridized carbons (Fsp3) is 0.391. The van der Waals surface area contributed by atoms with Crippen molar-refractivity contribution in [2.45, 2.75) is 36.9 Å². The Morgan fingerprint density at radius 2 is 1.82 bits per heavy atom. The number of fused-ring (bicyclic) bond motifs is 1. The lowest BCUT2D eigenvalue weighted by molar-refractivity contribution is -0.151. The summed E-state index contributed by atoms with van der Waals surface area (Å²) in [6.45, 7) is 2.05. The second-order valence-corrected chi connectivity index (χ2v) is 10.0. The summed E-state index contributed by atoms with van der Waals surface area (Å²) in [7, 11) is -4.15. The van der Waals surface area contributed by atoms with Crippen molar-refractivity contribution in [1.29, 1.82) is 0 Å². The largest absolute Gasteiger partial charge is 0.486 e. The highest BCUT2D eigenvalue weighted by molar-refractivity contribution is 7.89. The Morgan fingerprint density at radius 3 is 2.56 bits per heavy atom. The minimum Gasteiger partial charge on any atom is -0.486 e. The summed E-state index contributed by atoms with van der Waals surface area (Å²) in [4.78, 5) is 24.7. The first-order valence-electron chi connectivity index (χ1n) is 10.8. The Labute approximate surface area is 197 Å². The minimum absolute atomic E-state index is 0.0977. The van der Waals surface area contributed by atoms with Crippen LogP contribution in [-0.4, -0.2) is 68.2 Å². The highest BCUT2D eigenvalue weighted by atomic mass is 32.2. The minimum atomic E-state index is -4.15. The molecular weight excluding hydrogens is 464 g/mol. The third-order valence-corrected chi connectivity index (χ3v) is 7.45. The Hall–Kier alpha value is -3.15. The predicted molar refractivity (Wildman–Crippen MR) is 120 cm³/mol. The maximum atomic E-state index is 13.2. The smallest absolute Gasteiger partial charge is 0.325 e. The number of aliphatic hydroxyl groups excluding tert-OH is 1. The molecule has 1 amide bonds. The molecule has 1 fully saturated rings. The fourth-order valence-electron chi connectivity index (χ4n) is 3.77. The van der Waals surface area contributed by atoms with E-state index in [0.717, 1.165) is 15.4 Å². The summed E-state index contributed by atoms with van der Waals surface area (Å²) in [6.07, 6.45) is -1.17. The number of hydrogen-bond acceptors (Lipinski definition) is 8. The normalized spacial score (nSPS) is 20.1. The molecule has 2 aromatic carbocycles. The predicted octanol–water partition coefficient (Wildman–Crippen LogP) is 0.750. The number of nitrogens with zero attached hydrogens (tertiary/aromatic N) is 1. The van der Waals surface area contributed by atoms with Gasteiger partial charge in [0, 0.05) is 25.6 Å². The van der Waals surface area contributed by atoms with E-state index in [1.807, 2.05) is 31.2 Å². The number of ether oxygens (including phenoxy) is 3. The first kappa shape index (κ1) is 24.0. The molecule has 182 valence electrons. The molecule has 0 bridgehead atoms. The Bertz CT molecular complexity index is 1170. The Morgan fingerprint density at radius 1 is 1.12 bits per heavy atom. The number of sulfonamides is 1. The molecule has 34 heavy (non-hydrogen) atoms. The molecule has 11 heteroatoms. The Kier molecular flexibility index (Phi) is 7.05. The fourth-order valence-corrected chi connectivity index (χ4v) is 5.42. The van der Waals surface area contributed by atoms with Crippen LogP contribution in [0.1, 0.15) is 17.5 Å². The van der Waals surface area contributed by atoms with Gasteiger partial charge in [0.25, 0.3) is 5.91 Å². The quantitative estimate of drug-likeness (QED) is 0.544. The molecule has 2 heterocycles. The molecule has 0 spiro atoms. The lowest BCUT2D eigenvalue weighted by atomic mass is 10.1. The number of hydrogen-bond donors (Lipinski definition) is 2. The molecule has 2 aliphatic rings. The van der Waals surface area contributed by atoms with Crippen molar-refractivity contribution in [3.8, 4) is 11.5 Å². The molecule has 2 atom stereocenters. The SMILES string of the molecule is Cc1ccc(CNC(=O)COC(=O)[C@@H]2C[C@H](O)CN2S(=O)(=O)c2ccc3c(c2)OCCO3)cc1. The van der Waals surface area contributed by atoms with E-state index in [1.54, 1.807) is 0 Å². The van der Waals surface area contributed by atoms with E-state index in [-0.39, 0.29) is 30.2 Å². The van der Waals surface area contributed by atoms with Crippen molar-refractivity contribution in [2.75, 3.05) is 26.4 Å². The zero-order chi connectivity index (χ0) is 24.3. The highest BCUT2D eigenvalue weighted by Crippen LogP contribution is 2.35. The van der Waals surface area contributed by atoms with Gasteiger partial charge in [-0.15, -0.1) is 0 Å². The molecule has 1 saturated heterocycles. The number of amides is 1. The maximum absolute atomic E-state index is 13.2. The maximum Gasteiger partial charge on any atom is 0.325 e. The van der Waals surface area contributed by atoms with Crippen LogP contribution in [0.5, 0.6) is 11.5 Å². The summed E-state index contributed by atoms with van der Waals surface area (Å²) in [5.74, 6) is -0.701. The number of β-amino-alcohol motifs (C(OH)–C–C–N with tert-alkyl or cyclic N) is 1. The molecule has 0 aliphatic carbocycles. The van der Waals surface area contributed by atoms with Crippen molar-refractivity contribution in [1.82, 2.24) is 9.62 Å². The number of rotatable bonds is 7. The zero-order valence-corrected chi connectivity index (χ0v) is 19.4. The molecule has 2 N–H and O–H groups in total. The van der Waals surface area contributed by atoms with Crippen molar-refractivity contribution in [2.24, 2.45) is 0 Å². The van der Waals surface area contributed by atoms with Crippen LogP contribution in [0.3, 0.4) is 0 Å². The van der Waals surface area contributed by atoms with Gasteiger partial charge < -0.3 is 24.6 Å². The van der Waals surface area contributed by atoms with Crippen LogP contribution < -0.4 is 14.8 Å². The molecule has 0 radical (unpaired) electrons. The van der Waals surface area contributed by atoms with Crippen LogP contribution in [0, 0.1) is 6.92 Å². The lowest BCUT2D eigenvalue weighted by Gasteiger charge is -2.24. The standard InChI is InChI=1S/C23H26N2O8S/c1-15-2-4-16(5-3-15)12-24-22(27)14-33-23(28)19-10-17(26)13-25(19)34(29,30)18-6-7-20-21(11-18)32-9-8-31-20/h2-7,11,17,19,26H,8-10,12-14H2,1H3,(H,24,27)/t17-,19-/m0/s1. The molecule has 4 rings (SSSR count). The van der Waals surface area contributed by atoms with E-state index < -0.39 is 40.7 Å². The first-order valence-corrected chi connectivity index (χ1v) is 12.3. The van der Waals surface area contributed by atoms with Crippen LogP contribution in [0.4, 0.5) is 0 Å². The van der Waals surface area contributed by atoms with Gasteiger partial charge in [0.05, 0.1) is 11.0 Å². The zero-order valence-electron chi connectivity index (χ0n) is 18.6. The van der Waals surface area contributed by atoms with Gasteiger partial charge in [-0.05, 0) is 24.6 Å². The summed E-state index contributed by atoms with van der Waals surface area (Å²) < 4.78 is 43.3. The van der Waals surface area contributed by atoms with Crippen LogP contribution in [0.2, 0.25) is 0 Å². The summed E-state index contributed by atoms with van der Waals surface area (Å²) in [6, 6.07) is 10.5. The molecule has 0 saturated carbocycles. The third kappa shape index (κ3) is 5.32. The average molecular weight is 491 g/mol. The summed E-state index contributed by atoms with van der Waals surface area (Å²) >= 11 is 0. The van der Waals surface area contributed by atoms with E-state index in [1.165, 1.54) is 18.2 Å². The highest BCUT2D eigenvalue weighted by Gasteiger charge is 2.44. The van der Waals surface area contributed by atoms with Crippen LogP contribution in [0.25, 0.3) is 0 Å². The molecular formula is C23H26N2O8S. The number of esters is 1. The Balaban J connectivity index is 1.38. The van der Waals surface area contributed by atoms with Gasteiger partial charge >= 0.3 is 5.97 Å². The molecule has 10 nitrogen and oxygen atoms in total. The van der Waals surface area contributed by atoms with Crippen LogP contribution >= 0.6 is 0 Å². The summed E-state index contributed by atoms with van der Waals surface area (Å²) in [5.41, 5.74) is 1.99. The number of aliphatic hydroxyl groups is 1. The van der Waals surface area contributed by atoms with Gasteiger partial charge in [-0.3, -0.25) is 9.59 Å². The molecule has 2 aliphatic heterocycles. The van der Waals surface area contributed by atoms with Crippen LogP contribution in [0.15, 0.2) is 47.4 Å². The van der Waals surface area contributed by atoms with Gasteiger partial charge in [-0.25, -0.2) is 8.42 Å². The number of benzene rings is 2. The number of carbonyl (C=O) groups is 2. The van der Waals surface area contributed by atoms with Gasteiger partial charge in [0.2, 0.25) is 10.0 Å². The van der Waals surface area contributed by atoms with E-state index >= 15 is 0 Å². The van der Waals surface area contributed by atoms with Crippen molar-refractivity contribution in [3.63, 3.8) is 0 Å². The van der Waals surface area contributed by atoms with E-state index in [9.17, 15) is 23.1 Å². The van der Waals surface area contributed by atoms with Crippen molar-refractivity contribution in [3.05, 3.63) is 53.6 Å². The molecule has 0 aromatic heterocycles. The second-order valence-electron chi connectivity index (χ2n) is 8.16. The number of carbonyl (C=O) groups excluding carboxylic acids is 2. The third-order valence-electron chi connectivity index (χ3n) is 5.58. The molecule has 2 aromatic rings. The van der Waals surface area contributed by atoms with Gasteiger partial charge in [-0.1, -0.05) is 29.8 Å². The summed E-state index contributed by atoms with van der Waals surface area (Å²) in [5, 5.41) is 12.7. The average Bonchev–Trinajstić information content (AvgIpc) is 3.24. The lowest BCUT2D eigenvalue weighted by Crippen LogP contribution is -2.42. The van der Waals surface area contributed by atoms with E-state index in [4.69, 9.17) is 14.2 Å². The number of nitrogens with one attached hydrogen (secondary N) is 1. The molecule has 0 unspecified atom stereocenters. The van der Waals surface area contributed by atoms with E-state index in [2.05, 4.69) is 5.32 Å².